The van der Waals surface area contributed by atoms with Crippen molar-refractivity contribution in [2.45, 2.75) is 26.4 Å². The fourth-order valence-corrected chi connectivity index (χ4v) is 2.72. The van der Waals surface area contributed by atoms with Crippen LogP contribution >= 0.6 is 22.9 Å². The minimum absolute atomic E-state index is 0.526. The zero-order valence-electron chi connectivity index (χ0n) is 11.0. The Morgan fingerprint density at radius 1 is 1.42 bits per heavy atom. The molecule has 104 valence electrons. The molecule has 0 bridgehead atoms. The standard InChI is InChI=1S/C12H17ClN4OS/c1-3-6-14-7-11-15-16-12(18-11)17(2)8-9-4-5-10(13)19-9/h4-5,14H,3,6-8H2,1-2H3. The Balaban J connectivity index is 1.90. The highest BCUT2D eigenvalue weighted by Gasteiger charge is 2.11. The Bertz CT molecular complexity index is 513. The van der Waals surface area contributed by atoms with Crippen molar-refractivity contribution in [1.29, 1.82) is 0 Å². The number of nitrogens with one attached hydrogen (secondary N) is 1. The molecule has 0 saturated heterocycles. The first-order valence-electron chi connectivity index (χ1n) is 6.17. The van der Waals surface area contributed by atoms with E-state index in [1.807, 2.05) is 24.1 Å². The lowest BCUT2D eigenvalue weighted by atomic mass is 10.4. The van der Waals surface area contributed by atoms with E-state index in [0.29, 0.717) is 25.0 Å². The number of rotatable bonds is 7. The first-order valence-corrected chi connectivity index (χ1v) is 7.37. The summed E-state index contributed by atoms with van der Waals surface area (Å²) in [5, 5.41) is 11.3. The lowest BCUT2D eigenvalue weighted by Crippen LogP contribution is -2.16. The van der Waals surface area contributed by atoms with E-state index in [2.05, 4.69) is 22.4 Å². The van der Waals surface area contributed by atoms with Gasteiger partial charge in [0.05, 0.1) is 17.4 Å². The van der Waals surface area contributed by atoms with E-state index in [4.69, 9.17) is 16.0 Å². The average Bonchev–Trinajstić information content (AvgIpc) is 2.99. The van der Waals surface area contributed by atoms with E-state index < -0.39 is 0 Å². The molecule has 0 aliphatic heterocycles. The number of nitrogens with zero attached hydrogens (tertiary/aromatic N) is 3. The Morgan fingerprint density at radius 3 is 2.95 bits per heavy atom. The number of hydrogen-bond acceptors (Lipinski definition) is 6. The zero-order valence-corrected chi connectivity index (χ0v) is 12.6. The Morgan fingerprint density at radius 2 is 2.26 bits per heavy atom. The summed E-state index contributed by atoms with van der Waals surface area (Å²) in [6.07, 6.45) is 1.08. The van der Waals surface area contributed by atoms with E-state index in [1.54, 1.807) is 11.3 Å². The second-order valence-electron chi connectivity index (χ2n) is 4.22. The van der Waals surface area contributed by atoms with Gasteiger partial charge in [-0.05, 0) is 25.1 Å². The van der Waals surface area contributed by atoms with Crippen molar-refractivity contribution < 1.29 is 4.42 Å². The number of halogens is 1. The molecule has 0 amide bonds. The van der Waals surface area contributed by atoms with Gasteiger partial charge in [0.1, 0.15) is 0 Å². The van der Waals surface area contributed by atoms with Crippen LogP contribution in [0.25, 0.3) is 0 Å². The van der Waals surface area contributed by atoms with E-state index in [1.165, 1.54) is 0 Å². The highest BCUT2D eigenvalue weighted by molar-refractivity contribution is 7.16. The topological polar surface area (TPSA) is 54.2 Å². The molecule has 2 aromatic heterocycles. The highest BCUT2D eigenvalue weighted by Crippen LogP contribution is 2.23. The number of hydrogen-bond donors (Lipinski definition) is 1. The normalized spacial score (nSPS) is 10.9. The summed E-state index contributed by atoms with van der Waals surface area (Å²) in [5.74, 6) is 0.611. The van der Waals surface area contributed by atoms with Crippen molar-refractivity contribution in [1.82, 2.24) is 15.5 Å². The Hall–Kier alpha value is -1.11. The average molecular weight is 301 g/mol. The van der Waals surface area contributed by atoms with Crippen LogP contribution in [0.3, 0.4) is 0 Å². The molecule has 0 unspecified atom stereocenters. The molecule has 0 fully saturated rings. The first kappa shape index (κ1) is 14.3. The first-order chi connectivity index (χ1) is 9.19. The summed E-state index contributed by atoms with van der Waals surface area (Å²) in [6.45, 7) is 4.38. The van der Waals surface area contributed by atoms with Crippen LogP contribution < -0.4 is 10.2 Å². The maximum Gasteiger partial charge on any atom is 0.318 e. The van der Waals surface area contributed by atoms with Crippen molar-refractivity contribution in [2.24, 2.45) is 0 Å². The summed E-state index contributed by atoms with van der Waals surface area (Å²) in [7, 11) is 1.92. The van der Waals surface area contributed by atoms with Gasteiger partial charge in [-0.15, -0.1) is 16.4 Å². The smallest absolute Gasteiger partial charge is 0.318 e. The van der Waals surface area contributed by atoms with Crippen LogP contribution in [0.5, 0.6) is 0 Å². The van der Waals surface area contributed by atoms with Gasteiger partial charge in [0.15, 0.2) is 0 Å². The van der Waals surface area contributed by atoms with Crippen LogP contribution in [0.2, 0.25) is 4.34 Å². The summed E-state index contributed by atoms with van der Waals surface area (Å²) in [6, 6.07) is 4.42. The number of aromatic nitrogens is 2. The van der Waals surface area contributed by atoms with Gasteiger partial charge in [0.25, 0.3) is 0 Å². The van der Waals surface area contributed by atoms with Gasteiger partial charge in [0, 0.05) is 11.9 Å². The van der Waals surface area contributed by atoms with Crippen molar-refractivity contribution in [3.63, 3.8) is 0 Å². The molecular weight excluding hydrogens is 284 g/mol. The lowest BCUT2D eigenvalue weighted by molar-refractivity contribution is 0.465. The molecule has 0 aliphatic carbocycles. The molecule has 2 aromatic rings. The lowest BCUT2D eigenvalue weighted by Gasteiger charge is -2.11. The van der Waals surface area contributed by atoms with Crippen molar-refractivity contribution in [2.75, 3.05) is 18.5 Å². The van der Waals surface area contributed by atoms with Gasteiger partial charge in [-0.1, -0.05) is 23.6 Å². The molecule has 19 heavy (non-hydrogen) atoms. The second-order valence-corrected chi connectivity index (χ2v) is 6.02. The quantitative estimate of drug-likeness (QED) is 0.797. The van der Waals surface area contributed by atoms with Crippen LogP contribution in [0, 0.1) is 0 Å². The largest absolute Gasteiger partial charge is 0.407 e. The number of thiophene rings is 1. The molecule has 1 N–H and O–H groups in total. The molecule has 2 heterocycles. The van der Waals surface area contributed by atoms with Gasteiger partial charge >= 0.3 is 6.01 Å². The van der Waals surface area contributed by atoms with E-state index in [0.717, 1.165) is 22.2 Å². The molecule has 5 nitrogen and oxygen atoms in total. The molecule has 0 aliphatic rings. The van der Waals surface area contributed by atoms with E-state index >= 15 is 0 Å². The maximum absolute atomic E-state index is 5.91. The van der Waals surface area contributed by atoms with Gasteiger partial charge in [-0.25, -0.2) is 0 Å². The van der Waals surface area contributed by atoms with E-state index in [9.17, 15) is 0 Å². The second kappa shape index (κ2) is 6.88. The van der Waals surface area contributed by atoms with Crippen LogP contribution in [-0.4, -0.2) is 23.8 Å². The van der Waals surface area contributed by atoms with Crippen LogP contribution in [0.15, 0.2) is 16.5 Å². The van der Waals surface area contributed by atoms with Crippen molar-refractivity contribution in [3.05, 3.63) is 27.2 Å². The fourth-order valence-electron chi connectivity index (χ4n) is 1.58. The molecule has 0 aromatic carbocycles. The summed E-state index contributed by atoms with van der Waals surface area (Å²) in [5.41, 5.74) is 0. The molecular formula is C12H17ClN4OS. The molecule has 0 saturated carbocycles. The van der Waals surface area contributed by atoms with Crippen LogP contribution in [0.1, 0.15) is 24.1 Å². The predicted octanol–water partition coefficient (Wildman–Crippen LogP) is 2.92. The summed E-state index contributed by atoms with van der Waals surface area (Å²) in [4.78, 5) is 3.08. The third kappa shape index (κ3) is 4.19. The summed E-state index contributed by atoms with van der Waals surface area (Å²) < 4.78 is 6.37. The van der Waals surface area contributed by atoms with Gasteiger partial charge < -0.3 is 14.6 Å². The molecule has 0 spiro atoms. The maximum atomic E-state index is 5.91. The Labute approximate surface area is 121 Å². The van der Waals surface area contributed by atoms with Crippen LogP contribution in [0.4, 0.5) is 6.01 Å². The van der Waals surface area contributed by atoms with Crippen LogP contribution in [-0.2, 0) is 13.1 Å². The van der Waals surface area contributed by atoms with Gasteiger partial charge in [0.2, 0.25) is 5.89 Å². The predicted molar refractivity (Wildman–Crippen MR) is 77.7 cm³/mol. The molecule has 0 radical (unpaired) electrons. The SMILES string of the molecule is CCCNCc1nnc(N(C)Cc2ccc(Cl)s2)o1. The fraction of sp³-hybridized carbons (Fsp3) is 0.500. The molecule has 7 heteroatoms. The minimum Gasteiger partial charge on any atom is -0.407 e. The molecule has 2 rings (SSSR count). The van der Waals surface area contributed by atoms with Gasteiger partial charge in [-0.3, -0.25) is 0 Å². The molecule has 0 atom stereocenters. The van der Waals surface area contributed by atoms with Crippen molar-refractivity contribution in [3.8, 4) is 0 Å². The Kier molecular flexibility index (Phi) is 5.18. The summed E-state index contributed by atoms with van der Waals surface area (Å²) >= 11 is 7.46. The zero-order chi connectivity index (χ0) is 13.7. The van der Waals surface area contributed by atoms with E-state index in [-0.39, 0.29) is 0 Å². The van der Waals surface area contributed by atoms with Crippen molar-refractivity contribution >= 4 is 29.0 Å². The van der Waals surface area contributed by atoms with Gasteiger partial charge in [-0.2, -0.15) is 0 Å². The third-order valence-corrected chi connectivity index (χ3v) is 3.72. The minimum atomic E-state index is 0.526. The monoisotopic (exact) mass is 300 g/mol. The number of anilines is 1. The highest BCUT2D eigenvalue weighted by atomic mass is 35.5. The third-order valence-electron chi connectivity index (χ3n) is 2.51.